The van der Waals surface area contributed by atoms with Crippen molar-refractivity contribution in [3.05, 3.63) is 58.1 Å². The molecule has 0 unspecified atom stereocenters. The Labute approximate surface area is 137 Å². The van der Waals surface area contributed by atoms with Crippen LogP contribution >= 0.6 is 15.9 Å². The number of carbonyl (C=O) groups is 1. The summed E-state index contributed by atoms with van der Waals surface area (Å²) >= 11 is 3.35. The summed E-state index contributed by atoms with van der Waals surface area (Å²) in [6.45, 7) is 1.82. The molecule has 0 spiro atoms. The zero-order valence-corrected chi connectivity index (χ0v) is 13.8. The average Bonchev–Trinajstić information content (AvgIpc) is 2.52. The van der Waals surface area contributed by atoms with Crippen molar-refractivity contribution in [2.75, 3.05) is 12.8 Å². The first kappa shape index (κ1) is 16.0. The maximum Gasteiger partial charge on any atom is 0.271 e. The van der Waals surface area contributed by atoms with Crippen LogP contribution in [0.4, 0.5) is 5.69 Å². The van der Waals surface area contributed by atoms with Crippen molar-refractivity contribution >= 4 is 33.2 Å². The lowest BCUT2D eigenvalue weighted by Gasteiger charge is -2.06. The van der Waals surface area contributed by atoms with Crippen molar-refractivity contribution in [3.8, 4) is 5.75 Å². The van der Waals surface area contributed by atoms with E-state index in [9.17, 15) is 4.79 Å². The van der Waals surface area contributed by atoms with E-state index in [1.165, 1.54) is 0 Å². The molecule has 5 nitrogen and oxygen atoms in total. The molecule has 0 aliphatic carbocycles. The summed E-state index contributed by atoms with van der Waals surface area (Å²) < 4.78 is 5.84. The second kappa shape index (κ2) is 7.09. The van der Waals surface area contributed by atoms with E-state index < -0.39 is 0 Å². The van der Waals surface area contributed by atoms with Gasteiger partial charge in [-0.25, -0.2) is 5.43 Å². The maximum absolute atomic E-state index is 12.1. The van der Waals surface area contributed by atoms with Crippen LogP contribution in [0, 0.1) is 0 Å². The molecule has 0 radical (unpaired) electrons. The van der Waals surface area contributed by atoms with Gasteiger partial charge in [0.05, 0.1) is 17.3 Å². The van der Waals surface area contributed by atoms with Crippen LogP contribution in [-0.2, 0) is 0 Å². The van der Waals surface area contributed by atoms with Crippen LogP contribution in [0.5, 0.6) is 5.75 Å². The largest absolute Gasteiger partial charge is 0.496 e. The number of nitrogens with one attached hydrogen (secondary N) is 1. The fraction of sp³-hybridized carbons (Fsp3) is 0.125. The van der Waals surface area contributed by atoms with E-state index >= 15 is 0 Å². The van der Waals surface area contributed by atoms with Gasteiger partial charge in [0.15, 0.2) is 0 Å². The predicted molar refractivity (Wildman–Crippen MR) is 91.2 cm³/mol. The van der Waals surface area contributed by atoms with Crippen molar-refractivity contribution in [3.63, 3.8) is 0 Å². The number of hydrogen-bond acceptors (Lipinski definition) is 4. The lowest BCUT2D eigenvalue weighted by molar-refractivity contribution is 0.0954. The van der Waals surface area contributed by atoms with Gasteiger partial charge >= 0.3 is 0 Å². The molecule has 0 aliphatic heterocycles. The van der Waals surface area contributed by atoms with Crippen molar-refractivity contribution < 1.29 is 9.53 Å². The van der Waals surface area contributed by atoms with Gasteiger partial charge in [0.25, 0.3) is 5.91 Å². The Morgan fingerprint density at radius 1 is 1.18 bits per heavy atom. The number of amides is 1. The third-order valence-electron chi connectivity index (χ3n) is 3.07. The first-order chi connectivity index (χ1) is 10.5. The number of ether oxygens (including phenoxy) is 1. The van der Waals surface area contributed by atoms with Gasteiger partial charge in [0.2, 0.25) is 0 Å². The molecular weight excluding hydrogens is 346 g/mol. The Bertz CT molecular complexity index is 712. The van der Waals surface area contributed by atoms with Gasteiger partial charge in [-0.05, 0) is 58.7 Å². The maximum atomic E-state index is 12.1. The Kier molecular flexibility index (Phi) is 5.16. The molecule has 0 aliphatic rings. The summed E-state index contributed by atoms with van der Waals surface area (Å²) in [7, 11) is 1.57. The number of hydrazone groups is 1. The van der Waals surface area contributed by atoms with Gasteiger partial charge in [-0.1, -0.05) is 12.1 Å². The zero-order chi connectivity index (χ0) is 16.1. The number of benzene rings is 2. The summed E-state index contributed by atoms with van der Waals surface area (Å²) in [5.41, 5.74) is 10.9. The molecule has 0 saturated heterocycles. The highest BCUT2D eigenvalue weighted by Crippen LogP contribution is 2.25. The number of nitrogens with two attached hydrogens (primary N) is 1. The number of hydrogen-bond donors (Lipinski definition) is 2. The van der Waals surface area contributed by atoms with Gasteiger partial charge in [-0.2, -0.15) is 5.10 Å². The van der Waals surface area contributed by atoms with Crippen LogP contribution in [0.25, 0.3) is 0 Å². The number of anilines is 1. The van der Waals surface area contributed by atoms with Gasteiger partial charge in [-0.15, -0.1) is 0 Å². The van der Waals surface area contributed by atoms with Crippen LogP contribution < -0.4 is 15.9 Å². The van der Waals surface area contributed by atoms with Gasteiger partial charge in [0.1, 0.15) is 5.75 Å². The number of nitrogens with zero attached hydrogens (tertiary/aromatic N) is 1. The molecule has 2 aromatic rings. The highest BCUT2D eigenvalue weighted by atomic mass is 79.9. The molecule has 3 N–H and O–H groups in total. The first-order valence-electron chi connectivity index (χ1n) is 6.55. The molecule has 2 aromatic carbocycles. The molecule has 0 atom stereocenters. The highest BCUT2D eigenvalue weighted by Gasteiger charge is 2.08. The van der Waals surface area contributed by atoms with Crippen LogP contribution in [0.1, 0.15) is 22.8 Å². The fourth-order valence-electron chi connectivity index (χ4n) is 1.80. The fourth-order valence-corrected chi connectivity index (χ4v) is 2.34. The summed E-state index contributed by atoms with van der Waals surface area (Å²) in [4.78, 5) is 12.1. The first-order valence-corrected chi connectivity index (χ1v) is 7.34. The Balaban J connectivity index is 2.10. The number of halogens is 1. The van der Waals surface area contributed by atoms with Crippen molar-refractivity contribution in [2.45, 2.75) is 6.92 Å². The van der Waals surface area contributed by atoms with Crippen molar-refractivity contribution in [1.29, 1.82) is 0 Å². The van der Waals surface area contributed by atoms with Crippen LogP contribution in [0.3, 0.4) is 0 Å². The third kappa shape index (κ3) is 3.85. The number of carbonyl (C=O) groups excluding carboxylic acids is 1. The predicted octanol–water partition coefficient (Wildman–Crippen LogP) is 3.19. The van der Waals surface area contributed by atoms with Gasteiger partial charge in [0, 0.05) is 11.3 Å². The smallest absolute Gasteiger partial charge is 0.271 e. The minimum absolute atomic E-state index is 0.293. The SMILES string of the molecule is COc1ccc(C(=O)NN=C(C)c2ccc(N)cc2)cc1Br. The standard InChI is InChI=1S/C16H16BrN3O2/c1-10(11-3-6-13(18)7-4-11)19-20-16(21)12-5-8-15(22-2)14(17)9-12/h3-9H,18H2,1-2H3,(H,20,21). The minimum Gasteiger partial charge on any atom is -0.496 e. The molecule has 2 rings (SSSR count). The van der Waals surface area contributed by atoms with E-state index in [1.54, 1.807) is 37.4 Å². The molecule has 22 heavy (non-hydrogen) atoms. The van der Waals surface area contributed by atoms with E-state index in [2.05, 4.69) is 26.5 Å². The van der Waals surface area contributed by atoms with Crippen molar-refractivity contribution in [1.82, 2.24) is 5.43 Å². The third-order valence-corrected chi connectivity index (χ3v) is 3.69. The van der Waals surface area contributed by atoms with Crippen LogP contribution in [-0.4, -0.2) is 18.7 Å². The van der Waals surface area contributed by atoms with E-state index in [4.69, 9.17) is 10.5 Å². The molecule has 0 saturated carbocycles. The van der Waals surface area contributed by atoms with Crippen LogP contribution in [0.15, 0.2) is 52.0 Å². The lowest BCUT2D eigenvalue weighted by Crippen LogP contribution is -2.19. The Morgan fingerprint density at radius 2 is 1.82 bits per heavy atom. The molecule has 114 valence electrons. The quantitative estimate of drug-likeness (QED) is 0.498. The molecule has 1 amide bonds. The summed E-state index contributed by atoms with van der Waals surface area (Å²) in [5, 5.41) is 4.10. The monoisotopic (exact) mass is 361 g/mol. The minimum atomic E-state index is -0.293. The normalized spacial score (nSPS) is 11.1. The molecular formula is C16H16BrN3O2. The van der Waals surface area contributed by atoms with Crippen LogP contribution in [0.2, 0.25) is 0 Å². The number of nitrogen functional groups attached to an aromatic ring is 1. The molecule has 6 heteroatoms. The molecule has 0 bridgehead atoms. The van der Waals surface area contributed by atoms with Crippen molar-refractivity contribution in [2.24, 2.45) is 5.10 Å². The average molecular weight is 362 g/mol. The number of methoxy groups -OCH3 is 1. The zero-order valence-electron chi connectivity index (χ0n) is 12.3. The summed E-state index contributed by atoms with van der Waals surface area (Å²) in [6.07, 6.45) is 0. The number of rotatable bonds is 4. The van der Waals surface area contributed by atoms with Gasteiger partial charge in [-0.3, -0.25) is 4.79 Å². The second-order valence-electron chi connectivity index (χ2n) is 4.61. The van der Waals surface area contributed by atoms with Gasteiger partial charge < -0.3 is 10.5 Å². The molecule has 0 heterocycles. The highest BCUT2D eigenvalue weighted by molar-refractivity contribution is 9.10. The Morgan fingerprint density at radius 3 is 2.41 bits per heavy atom. The second-order valence-corrected chi connectivity index (χ2v) is 5.46. The summed E-state index contributed by atoms with van der Waals surface area (Å²) in [5.74, 6) is 0.372. The van der Waals surface area contributed by atoms with E-state index in [-0.39, 0.29) is 5.91 Å². The van der Waals surface area contributed by atoms with E-state index in [0.29, 0.717) is 27.2 Å². The van der Waals surface area contributed by atoms with E-state index in [1.807, 2.05) is 19.1 Å². The molecule has 0 aromatic heterocycles. The Hall–Kier alpha value is -2.34. The lowest BCUT2D eigenvalue weighted by atomic mass is 10.1. The van der Waals surface area contributed by atoms with E-state index in [0.717, 1.165) is 5.56 Å². The topological polar surface area (TPSA) is 76.7 Å². The molecule has 0 fully saturated rings. The summed E-state index contributed by atoms with van der Waals surface area (Å²) in [6, 6.07) is 12.4.